The van der Waals surface area contributed by atoms with Crippen LogP contribution in [0.4, 0.5) is 8.78 Å². The molecule has 0 bridgehead atoms. The lowest BCUT2D eigenvalue weighted by Crippen LogP contribution is -2.23. The van der Waals surface area contributed by atoms with Crippen molar-refractivity contribution in [3.63, 3.8) is 0 Å². The minimum Gasteiger partial charge on any atom is -0.415 e. The van der Waals surface area contributed by atoms with Gasteiger partial charge in [0.25, 0.3) is 11.8 Å². The summed E-state index contributed by atoms with van der Waals surface area (Å²) < 4.78 is 30.0. The first-order valence-electron chi connectivity index (χ1n) is 7.42. The summed E-state index contributed by atoms with van der Waals surface area (Å²) in [6.45, 7) is 0.721. The van der Waals surface area contributed by atoms with Gasteiger partial charge in [0.05, 0.1) is 35.6 Å². The molecule has 0 fully saturated rings. The molecular weight excluding hydrogens is 332 g/mol. The fourth-order valence-electron chi connectivity index (χ4n) is 2.60. The SMILES string of the molecule is O=C1c2cc(-c3nnc(C(F)F)o3)cnc2CN1Cc1ccccn1. The third-order valence-corrected chi connectivity index (χ3v) is 3.78. The number of aromatic nitrogens is 4. The molecule has 0 N–H and O–H groups in total. The van der Waals surface area contributed by atoms with Crippen molar-refractivity contribution in [3.05, 3.63) is 59.5 Å². The Labute approximate surface area is 140 Å². The maximum atomic E-state index is 12.6. The first-order chi connectivity index (χ1) is 12.1. The van der Waals surface area contributed by atoms with E-state index in [1.807, 2.05) is 12.1 Å². The summed E-state index contributed by atoms with van der Waals surface area (Å²) in [7, 11) is 0. The van der Waals surface area contributed by atoms with Gasteiger partial charge >= 0.3 is 6.43 Å². The number of rotatable bonds is 4. The highest BCUT2D eigenvalue weighted by Gasteiger charge is 2.30. The van der Waals surface area contributed by atoms with Gasteiger partial charge in [-0.15, -0.1) is 10.2 Å². The topological polar surface area (TPSA) is 85.0 Å². The van der Waals surface area contributed by atoms with Gasteiger partial charge in [-0.2, -0.15) is 8.78 Å². The third kappa shape index (κ3) is 2.84. The van der Waals surface area contributed by atoms with Crippen molar-refractivity contribution in [2.24, 2.45) is 0 Å². The van der Waals surface area contributed by atoms with Crippen LogP contribution in [0.15, 0.2) is 41.1 Å². The van der Waals surface area contributed by atoms with Gasteiger partial charge in [0, 0.05) is 12.4 Å². The molecule has 7 nitrogen and oxygen atoms in total. The molecule has 0 aromatic carbocycles. The fraction of sp³-hybridized carbons (Fsp3) is 0.188. The summed E-state index contributed by atoms with van der Waals surface area (Å²) in [5.41, 5.74) is 2.09. The van der Waals surface area contributed by atoms with Crippen LogP contribution in [0.2, 0.25) is 0 Å². The van der Waals surface area contributed by atoms with Crippen LogP contribution in [-0.2, 0) is 13.1 Å². The van der Waals surface area contributed by atoms with E-state index in [4.69, 9.17) is 4.42 Å². The van der Waals surface area contributed by atoms with Crippen LogP contribution in [0.5, 0.6) is 0 Å². The van der Waals surface area contributed by atoms with E-state index in [2.05, 4.69) is 20.2 Å². The van der Waals surface area contributed by atoms with Gasteiger partial charge in [-0.1, -0.05) is 6.07 Å². The molecule has 3 aromatic heterocycles. The molecule has 0 atom stereocenters. The van der Waals surface area contributed by atoms with Crippen LogP contribution in [0.1, 0.15) is 34.1 Å². The smallest absolute Gasteiger partial charge is 0.314 e. The molecule has 1 amide bonds. The van der Waals surface area contributed by atoms with E-state index in [9.17, 15) is 13.6 Å². The Balaban J connectivity index is 1.59. The predicted molar refractivity (Wildman–Crippen MR) is 80.3 cm³/mol. The highest BCUT2D eigenvalue weighted by Crippen LogP contribution is 2.28. The molecule has 25 heavy (non-hydrogen) atoms. The Kier molecular flexibility index (Phi) is 3.68. The van der Waals surface area contributed by atoms with Crippen molar-refractivity contribution in [1.82, 2.24) is 25.1 Å². The van der Waals surface area contributed by atoms with Crippen molar-refractivity contribution in [3.8, 4) is 11.5 Å². The van der Waals surface area contributed by atoms with Gasteiger partial charge in [-0.3, -0.25) is 14.8 Å². The fourth-order valence-corrected chi connectivity index (χ4v) is 2.60. The Hall–Kier alpha value is -3.23. The quantitative estimate of drug-likeness (QED) is 0.724. The zero-order valence-electron chi connectivity index (χ0n) is 12.8. The number of amides is 1. The number of halogens is 2. The van der Waals surface area contributed by atoms with Crippen LogP contribution >= 0.6 is 0 Å². The first-order valence-corrected chi connectivity index (χ1v) is 7.42. The summed E-state index contributed by atoms with van der Waals surface area (Å²) in [5, 5.41) is 6.85. The normalized spacial score (nSPS) is 13.6. The second-order valence-electron chi connectivity index (χ2n) is 5.45. The highest BCUT2D eigenvalue weighted by atomic mass is 19.3. The van der Waals surface area contributed by atoms with E-state index in [1.165, 1.54) is 12.3 Å². The molecule has 4 rings (SSSR count). The van der Waals surface area contributed by atoms with E-state index in [0.717, 1.165) is 5.69 Å². The summed E-state index contributed by atoms with van der Waals surface area (Å²) in [5.74, 6) is -1.07. The molecule has 9 heteroatoms. The molecule has 1 aliphatic heterocycles. The maximum absolute atomic E-state index is 12.6. The average molecular weight is 343 g/mol. The zero-order valence-corrected chi connectivity index (χ0v) is 12.8. The molecule has 3 aromatic rings. The molecule has 0 spiro atoms. The summed E-state index contributed by atoms with van der Waals surface area (Å²) in [4.78, 5) is 22.6. The number of carbonyl (C=O) groups excluding carboxylic acids is 1. The number of nitrogens with zero attached hydrogens (tertiary/aromatic N) is 5. The van der Waals surface area contributed by atoms with Gasteiger partial charge in [0.1, 0.15) is 0 Å². The van der Waals surface area contributed by atoms with E-state index >= 15 is 0 Å². The van der Waals surface area contributed by atoms with Gasteiger partial charge < -0.3 is 9.32 Å². The lowest BCUT2D eigenvalue weighted by molar-refractivity contribution is 0.0764. The number of hydrogen-bond donors (Lipinski definition) is 0. The molecule has 0 saturated heterocycles. The van der Waals surface area contributed by atoms with Crippen molar-refractivity contribution < 1.29 is 18.0 Å². The zero-order chi connectivity index (χ0) is 17.4. The average Bonchev–Trinajstić information content (AvgIpc) is 3.22. The minimum absolute atomic E-state index is 0.0958. The monoisotopic (exact) mass is 343 g/mol. The Morgan fingerprint density at radius 1 is 1.24 bits per heavy atom. The number of carbonyl (C=O) groups is 1. The molecule has 126 valence electrons. The van der Waals surface area contributed by atoms with Crippen molar-refractivity contribution >= 4 is 5.91 Å². The second kappa shape index (κ2) is 6.00. The molecule has 4 heterocycles. The van der Waals surface area contributed by atoms with E-state index in [0.29, 0.717) is 29.9 Å². The standard InChI is InChI=1S/C16H11F2N5O2/c17-13(18)15-22-21-14(25-15)9-5-11-12(20-6-9)8-23(16(11)24)7-10-3-1-2-4-19-10/h1-6,13H,7-8H2. The molecule has 1 aliphatic rings. The predicted octanol–water partition coefficient (Wildman–Crippen LogP) is 2.62. The highest BCUT2D eigenvalue weighted by molar-refractivity contribution is 5.98. The van der Waals surface area contributed by atoms with Crippen LogP contribution in [0.25, 0.3) is 11.5 Å². The summed E-state index contributed by atoms with van der Waals surface area (Å²) >= 11 is 0. The lowest BCUT2D eigenvalue weighted by Gasteiger charge is -2.14. The van der Waals surface area contributed by atoms with Gasteiger partial charge in [0.15, 0.2) is 0 Å². The van der Waals surface area contributed by atoms with Gasteiger partial charge in [-0.05, 0) is 18.2 Å². The van der Waals surface area contributed by atoms with Gasteiger partial charge in [0.2, 0.25) is 5.89 Å². The molecule has 0 aliphatic carbocycles. The van der Waals surface area contributed by atoms with Crippen molar-refractivity contribution in [1.29, 1.82) is 0 Å². The number of fused-ring (bicyclic) bond motifs is 1. The Bertz CT molecular complexity index is 929. The van der Waals surface area contributed by atoms with E-state index < -0.39 is 12.3 Å². The van der Waals surface area contributed by atoms with Crippen LogP contribution in [0, 0.1) is 0 Å². The van der Waals surface area contributed by atoms with E-state index in [1.54, 1.807) is 17.2 Å². The van der Waals surface area contributed by atoms with E-state index in [-0.39, 0.29) is 11.8 Å². The number of alkyl halides is 2. The van der Waals surface area contributed by atoms with Crippen LogP contribution < -0.4 is 0 Å². The minimum atomic E-state index is -2.85. The van der Waals surface area contributed by atoms with Crippen molar-refractivity contribution in [2.75, 3.05) is 0 Å². The maximum Gasteiger partial charge on any atom is 0.314 e. The molecule has 0 saturated carbocycles. The molecule has 0 radical (unpaired) electrons. The first kappa shape index (κ1) is 15.3. The van der Waals surface area contributed by atoms with Crippen LogP contribution in [-0.4, -0.2) is 31.0 Å². The lowest BCUT2D eigenvalue weighted by atomic mass is 10.1. The summed E-state index contributed by atoms with van der Waals surface area (Å²) in [6.07, 6.45) is 0.244. The Morgan fingerprint density at radius 3 is 2.84 bits per heavy atom. The number of pyridine rings is 2. The number of hydrogen-bond acceptors (Lipinski definition) is 6. The third-order valence-electron chi connectivity index (χ3n) is 3.78. The van der Waals surface area contributed by atoms with Crippen molar-refractivity contribution in [2.45, 2.75) is 19.5 Å². The Morgan fingerprint density at radius 2 is 2.12 bits per heavy atom. The summed E-state index contributed by atoms with van der Waals surface area (Å²) in [6, 6.07) is 7.02. The molecular formula is C16H11F2N5O2. The van der Waals surface area contributed by atoms with Crippen LogP contribution in [0.3, 0.4) is 0 Å². The second-order valence-corrected chi connectivity index (χ2v) is 5.45. The molecule has 0 unspecified atom stereocenters. The largest absolute Gasteiger partial charge is 0.415 e. The van der Waals surface area contributed by atoms with Gasteiger partial charge in [-0.25, -0.2) is 0 Å².